The fourth-order valence-electron chi connectivity index (χ4n) is 1.02. The molecule has 87 valence electrons. The van der Waals surface area contributed by atoms with Crippen molar-refractivity contribution in [3.05, 3.63) is 28.8 Å². The minimum Gasteiger partial charge on any atom is -0.325 e. The molecule has 0 spiro atoms. The fourth-order valence-corrected chi connectivity index (χ4v) is 1.31. The minimum absolute atomic E-state index is 0.0200. The summed E-state index contributed by atoms with van der Waals surface area (Å²) in [5.74, 6) is -0.755. The van der Waals surface area contributed by atoms with Gasteiger partial charge in [-0.1, -0.05) is 24.2 Å². The molecule has 0 aromatic heterocycles. The number of anilines is 1. The number of alkyl halides is 3. The largest absolute Gasteiger partial charge is 0.417 e. The zero-order chi connectivity index (χ0) is 12.3. The van der Waals surface area contributed by atoms with Crippen LogP contribution >= 0.6 is 24.2 Å². The van der Waals surface area contributed by atoms with E-state index in [0.717, 1.165) is 12.1 Å². The predicted octanol–water partition coefficient (Wildman–Crippen LogP) is 3.49. The van der Waals surface area contributed by atoms with Gasteiger partial charge >= 0.3 is 6.18 Å². The van der Waals surface area contributed by atoms with Crippen molar-refractivity contribution in [2.45, 2.75) is 6.18 Å². The van der Waals surface area contributed by atoms with Gasteiger partial charge in [-0.25, -0.2) is 0 Å². The Labute approximate surface area is 100 Å². The number of carbonyl (C=O) groups is 1. The summed E-state index contributed by atoms with van der Waals surface area (Å²) in [6.45, 7) is 0. The van der Waals surface area contributed by atoms with E-state index in [0.29, 0.717) is 0 Å². The molecule has 1 N–H and O–H groups in total. The van der Waals surface area contributed by atoms with Crippen LogP contribution in [0.3, 0.4) is 0 Å². The lowest BCUT2D eigenvalue weighted by molar-refractivity contribution is -0.137. The molecule has 0 heterocycles. The molecule has 1 amide bonds. The average molecular weight is 269 g/mol. The Kier molecular flexibility index (Phi) is 4.09. The predicted molar refractivity (Wildman–Crippen MR) is 57.5 cm³/mol. The molecule has 1 aromatic rings. The van der Waals surface area contributed by atoms with Crippen LogP contribution in [0.1, 0.15) is 5.56 Å². The van der Waals surface area contributed by atoms with Crippen molar-refractivity contribution < 1.29 is 18.0 Å². The number of rotatable bonds is 2. The number of nitrogens with one attached hydrogen (secondary N) is 1. The van der Waals surface area contributed by atoms with Crippen LogP contribution in [0.15, 0.2) is 18.2 Å². The smallest absolute Gasteiger partial charge is 0.325 e. The van der Waals surface area contributed by atoms with Crippen molar-refractivity contribution in [2.75, 3.05) is 11.1 Å². The van der Waals surface area contributed by atoms with Gasteiger partial charge in [0.25, 0.3) is 0 Å². The van der Waals surface area contributed by atoms with E-state index in [9.17, 15) is 18.0 Å². The second-order valence-corrected chi connectivity index (χ2v) is 3.58. The second kappa shape index (κ2) is 4.97. The highest BCUT2D eigenvalue weighted by molar-refractivity contribution is 7.81. The molecular weight excluding hydrogens is 263 g/mol. The Morgan fingerprint density at radius 3 is 2.56 bits per heavy atom. The summed E-state index contributed by atoms with van der Waals surface area (Å²) >= 11 is 9.84. The van der Waals surface area contributed by atoms with E-state index in [-0.39, 0.29) is 11.4 Å². The summed E-state index contributed by atoms with van der Waals surface area (Å²) < 4.78 is 37.3. The van der Waals surface area contributed by atoms with Crippen LogP contribution in [0.25, 0.3) is 0 Å². The SMILES string of the molecule is O=C(C[S])Nc1ccc(Cl)c(C(F)(F)F)c1. The van der Waals surface area contributed by atoms with Gasteiger partial charge in [0.15, 0.2) is 0 Å². The van der Waals surface area contributed by atoms with Crippen LogP contribution in [-0.4, -0.2) is 11.7 Å². The molecule has 0 saturated carbocycles. The van der Waals surface area contributed by atoms with Gasteiger partial charge in [0, 0.05) is 5.69 Å². The molecular formula is C9H6ClF3NOS. The summed E-state index contributed by atoms with van der Waals surface area (Å²) in [7, 11) is 0. The fraction of sp³-hybridized carbons (Fsp3) is 0.222. The van der Waals surface area contributed by atoms with E-state index >= 15 is 0 Å². The third-order valence-electron chi connectivity index (χ3n) is 1.69. The van der Waals surface area contributed by atoms with Crippen LogP contribution in [-0.2, 0) is 11.0 Å². The van der Waals surface area contributed by atoms with Crippen molar-refractivity contribution in [3.8, 4) is 0 Å². The number of benzene rings is 1. The van der Waals surface area contributed by atoms with E-state index in [1.807, 2.05) is 0 Å². The molecule has 2 nitrogen and oxygen atoms in total. The van der Waals surface area contributed by atoms with E-state index in [1.165, 1.54) is 6.07 Å². The molecule has 0 aliphatic heterocycles. The zero-order valence-corrected chi connectivity index (χ0v) is 9.34. The normalized spacial score (nSPS) is 11.3. The molecule has 0 unspecified atom stereocenters. The van der Waals surface area contributed by atoms with Crippen molar-refractivity contribution in [1.82, 2.24) is 0 Å². The van der Waals surface area contributed by atoms with E-state index in [2.05, 4.69) is 17.9 Å². The summed E-state index contributed by atoms with van der Waals surface area (Å²) in [6, 6.07) is 3.12. The average Bonchev–Trinajstić information content (AvgIpc) is 2.19. The Bertz CT molecular complexity index is 408. The first-order chi connectivity index (χ1) is 7.34. The first kappa shape index (κ1) is 13.2. The van der Waals surface area contributed by atoms with Gasteiger partial charge < -0.3 is 5.32 Å². The maximum absolute atomic E-state index is 12.4. The van der Waals surface area contributed by atoms with Crippen LogP contribution in [0.2, 0.25) is 5.02 Å². The van der Waals surface area contributed by atoms with Gasteiger partial charge in [0.05, 0.1) is 16.3 Å². The minimum atomic E-state index is -4.55. The topological polar surface area (TPSA) is 29.1 Å². The van der Waals surface area contributed by atoms with Crippen molar-refractivity contribution >= 4 is 35.8 Å². The van der Waals surface area contributed by atoms with Crippen molar-refractivity contribution in [1.29, 1.82) is 0 Å². The summed E-state index contributed by atoms with van der Waals surface area (Å²) in [6.07, 6.45) is -4.55. The molecule has 16 heavy (non-hydrogen) atoms. The van der Waals surface area contributed by atoms with Crippen LogP contribution in [0, 0.1) is 0 Å². The molecule has 0 aliphatic rings. The van der Waals surface area contributed by atoms with E-state index in [4.69, 9.17) is 11.6 Å². The van der Waals surface area contributed by atoms with Gasteiger partial charge in [-0.2, -0.15) is 13.2 Å². The molecule has 0 aliphatic carbocycles. The maximum atomic E-state index is 12.4. The molecule has 1 radical (unpaired) electrons. The number of hydrogen-bond donors (Lipinski definition) is 1. The lowest BCUT2D eigenvalue weighted by Crippen LogP contribution is -2.14. The highest BCUT2D eigenvalue weighted by Gasteiger charge is 2.33. The van der Waals surface area contributed by atoms with E-state index < -0.39 is 22.7 Å². The number of carbonyl (C=O) groups excluding carboxylic acids is 1. The Hall–Kier alpha value is -0.880. The molecule has 0 saturated heterocycles. The van der Waals surface area contributed by atoms with Crippen LogP contribution in [0.5, 0.6) is 0 Å². The lowest BCUT2D eigenvalue weighted by atomic mass is 10.2. The molecule has 7 heteroatoms. The van der Waals surface area contributed by atoms with E-state index in [1.54, 1.807) is 0 Å². The van der Waals surface area contributed by atoms with Gasteiger partial charge in [-0.15, -0.1) is 0 Å². The first-order valence-electron chi connectivity index (χ1n) is 4.09. The maximum Gasteiger partial charge on any atom is 0.417 e. The first-order valence-corrected chi connectivity index (χ1v) is 5.05. The Morgan fingerprint density at radius 1 is 1.44 bits per heavy atom. The molecule has 0 atom stereocenters. The standard InChI is InChI=1S/C9H6ClF3NOS/c10-7-2-1-5(14-8(15)4-16)3-6(7)9(11,12)13/h1-3H,4H2,(H,14,15). The lowest BCUT2D eigenvalue weighted by Gasteiger charge is -2.11. The Balaban J connectivity index is 3.03. The van der Waals surface area contributed by atoms with Crippen LogP contribution in [0.4, 0.5) is 18.9 Å². The number of hydrogen-bond acceptors (Lipinski definition) is 1. The van der Waals surface area contributed by atoms with Gasteiger partial charge in [-0.05, 0) is 18.2 Å². The van der Waals surface area contributed by atoms with Crippen molar-refractivity contribution in [2.24, 2.45) is 0 Å². The van der Waals surface area contributed by atoms with Gasteiger partial charge in [-0.3, -0.25) is 4.79 Å². The van der Waals surface area contributed by atoms with Gasteiger partial charge in [0.2, 0.25) is 5.91 Å². The quantitative estimate of drug-likeness (QED) is 0.874. The third kappa shape index (κ3) is 3.31. The molecule has 0 fully saturated rings. The van der Waals surface area contributed by atoms with Gasteiger partial charge in [0.1, 0.15) is 0 Å². The summed E-state index contributed by atoms with van der Waals surface area (Å²) in [5.41, 5.74) is -0.970. The zero-order valence-electron chi connectivity index (χ0n) is 7.77. The van der Waals surface area contributed by atoms with Crippen molar-refractivity contribution in [3.63, 3.8) is 0 Å². The highest BCUT2D eigenvalue weighted by Crippen LogP contribution is 2.36. The number of halogens is 4. The number of amides is 1. The Morgan fingerprint density at radius 2 is 2.06 bits per heavy atom. The molecule has 1 rings (SSSR count). The monoisotopic (exact) mass is 268 g/mol. The summed E-state index contributed by atoms with van der Waals surface area (Å²) in [4.78, 5) is 10.9. The highest BCUT2D eigenvalue weighted by atomic mass is 35.5. The van der Waals surface area contributed by atoms with Crippen LogP contribution < -0.4 is 5.32 Å². The molecule has 1 aromatic carbocycles. The second-order valence-electron chi connectivity index (χ2n) is 2.88. The molecule has 0 bridgehead atoms. The summed E-state index contributed by atoms with van der Waals surface area (Å²) in [5, 5.41) is 1.82. The third-order valence-corrected chi connectivity index (χ3v) is 2.28.